The average molecular weight is 621 g/mol. The molecule has 234 valence electrons. The Balaban J connectivity index is 1.67. The van der Waals surface area contributed by atoms with Crippen LogP contribution in [0.15, 0.2) is 41.5 Å². The van der Waals surface area contributed by atoms with Crippen LogP contribution in [0.1, 0.15) is 32.7 Å². The van der Waals surface area contributed by atoms with Crippen molar-refractivity contribution < 1.29 is 36.0 Å². The molecule has 1 fully saturated rings. The van der Waals surface area contributed by atoms with Crippen LogP contribution in [-0.2, 0) is 19.0 Å². The van der Waals surface area contributed by atoms with Gasteiger partial charge in [0.15, 0.2) is 11.6 Å². The van der Waals surface area contributed by atoms with Crippen LogP contribution in [0, 0.1) is 11.7 Å². The number of amides is 1. The number of likely N-dealkylation sites (tertiary alicyclic amines) is 1. The van der Waals surface area contributed by atoms with E-state index < -0.39 is 15.9 Å². The second-order valence-electron chi connectivity index (χ2n) is 10.7. The number of carbonyl (C=O) groups excluding carboxylic acids is 1. The number of rotatable bonds is 11. The molecule has 12 nitrogen and oxygen atoms in total. The first-order valence-corrected chi connectivity index (χ1v) is 15.7. The predicted octanol–water partition coefficient (Wildman–Crippen LogP) is 4.10. The van der Waals surface area contributed by atoms with Gasteiger partial charge in [0, 0.05) is 43.5 Å². The standard InChI is InChI=1S/C29H37FN4O8S/c1-19(2)17-41-29(36)32-10-8-20(9-11-32)34-18-31-24-7-6-21(14-23(24)28(34)35)33(12-13-42-43(5,37)38)25-15-22(39-3)16-26(40-4)27(25)30/h6-7,14-16,18-20H,8-13,17H2,1-5H3. The van der Waals surface area contributed by atoms with Gasteiger partial charge in [-0.2, -0.15) is 8.42 Å². The van der Waals surface area contributed by atoms with E-state index in [4.69, 9.17) is 18.4 Å². The van der Waals surface area contributed by atoms with Crippen LogP contribution in [0.5, 0.6) is 11.5 Å². The zero-order valence-electron chi connectivity index (χ0n) is 24.9. The van der Waals surface area contributed by atoms with Crippen molar-refractivity contribution in [3.05, 3.63) is 52.8 Å². The van der Waals surface area contributed by atoms with Crippen LogP contribution in [0.25, 0.3) is 10.9 Å². The normalized spacial score (nSPS) is 14.3. The number of carbonyl (C=O) groups is 1. The molecular formula is C29H37FN4O8S. The van der Waals surface area contributed by atoms with E-state index in [-0.39, 0.29) is 48.2 Å². The number of ether oxygens (including phenoxy) is 3. The van der Waals surface area contributed by atoms with Crippen LogP contribution in [0.3, 0.4) is 0 Å². The maximum Gasteiger partial charge on any atom is 0.409 e. The van der Waals surface area contributed by atoms with Crippen molar-refractivity contribution in [3.8, 4) is 11.5 Å². The molecule has 14 heteroatoms. The molecule has 1 aliphatic rings. The van der Waals surface area contributed by atoms with Crippen molar-refractivity contribution >= 4 is 38.5 Å². The monoisotopic (exact) mass is 620 g/mol. The summed E-state index contributed by atoms with van der Waals surface area (Å²) in [5.74, 6) is -0.233. The molecule has 1 aliphatic heterocycles. The topological polar surface area (TPSA) is 130 Å². The third-order valence-corrected chi connectivity index (χ3v) is 7.68. The second kappa shape index (κ2) is 13.6. The second-order valence-corrected chi connectivity index (χ2v) is 12.3. The fourth-order valence-electron chi connectivity index (χ4n) is 4.90. The molecule has 0 saturated carbocycles. The van der Waals surface area contributed by atoms with Crippen LogP contribution >= 0.6 is 0 Å². The SMILES string of the molecule is COc1cc(OC)c(F)c(N(CCOS(C)(=O)=O)c2ccc3ncn(C4CCN(C(=O)OCC(C)C)CC4)c(=O)c3c2)c1. The van der Waals surface area contributed by atoms with Gasteiger partial charge in [-0.25, -0.2) is 14.2 Å². The lowest BCUT2D eigenvalue weighted by atomic mass is 10.0. The summed E-state index contributed by atoms with van der Waals surface area (Å²) in [6.45, 7) is 4.80. The highest BCUT2D eigenvalue weighted by Crippen LogP contribution is 2.37. The van der Waals surface area contributed by atoms with Gasteiger partial charge in [-0.1, -0.05) is 13.8 Å². The lowest BCUT2D eigenvalue weighted by Crippen LogP contribution is -2.41. The van der Waals surface area contributed by atoms with Gasteiger partial charge in [0.05, 0.1) is 56.6 Å². The van der Waals surface area contributed by atoms with Crippen LogP contribution in [-0.4, -0.2) is 82.3 Å². The summed E-state index contributed by atoms with van der Waals surface area (Å²) in [6, 6.07) is 7.55. The van der Waals surface area contributed by atoms with E-state index in [2.05, 4.69) is 4.98 Å². The largest absolute Gasteiger partial charge is 0.497 e. The van der Waals surface area contributed by atoms with E-state index in [9.17, 15) is 18.0 Å². The summed E-state index contributed by atoms with van der Waals surface area (Å²) in [5, 5.41) is 0.295. The molecule has 2 aromatic carbocycles. The van der Waals surface area contributed by atoms with Crippen LogP contribution < -0.4 is 19.9 Å². The predicted molar refractivity (Wildman–Crippen MR) is 159 cm³/mol. The minimum Gasteiger partial charge on any atom is -0.497 e. The van der Waals surface area contributed by atoms with Gasteiger partial charge >= 0.3 is 6.09 Å². The number of fused-ring (bicyclic) bond motifs is 1. The molecule has 3 aromatic rings. The highest BCUT2D eigenvalue weighted by molar-refractivity contribution is 7.85. The number of hydrogen-bond donors (Lipinski definition) is 0. The third-order valence-electron chi connectivity index (χ3n) is 7.09. The van der Waals surface area contributed by atoms with Gasteiger partial charge in [0.2, 0.25) is 0 Å². The number of benzene rings is 2. The summed E-state index contributed by atoms with van der Waals surface area (Å²) in [5.41, 5.74) is 0.589. The molecule has 4 rings (SSSR count). The smallest absolute Gasteiger partial charge is 0.409 e. The molecular weight excluding hydrogens is 583 g/mol. The van der Waals surface area contributed by atoms with Gasteiger partial charge in [-0.3, -0.25) is 13.5 Å². The molecule has 0 bridgehead atoms. The number of anilines is 2. The van der Waals surface area contributed by atoms with E-state index in [1.54, 1.807) is 27.7 Å². The molecule has 43 heavy (non-hydrogen) atoms. The first kappa shape index (κ1) is 32.0. The zero-order valence-corrected chi connectivity index (χ0v) is 25.7. The summed E-state index contributed by atoms with van der Waals surface area (Å²) in [4.78, 5) is 33.7. The first-order valence-electron chi connectivity index (χ1n) is 13.9. The maximum absolute atomic E-state index is 15.6. The van der Waals surface area contributed by atoms with E-state index in [1.165, 1.54) is 37.6 Å². The van der Waals surface area contributed by atoms with Crippen molar-refractivity contribution in [2.45, 2.75) is 32.7 Å². The Kier molecular flexibility index (Phi) is 10.1. The van der Waals surface area contributed by atoms with Crippen LogP contribution in [0.2, 0.25) is 0 Å². The van der Waals surface area contributed by atoms with E-state index in [0.717, 1.165) is 6.26 Å². The Morgan fingerprint density at radius 1 is 1.14 bits per heavy atom. The lowest BCUT2D eigenvalue weighted by Gasteiger charge is -2.32. The van der Waals surface area contributed by atoms with Gasteiger partial charge in [-0.05, 0) is 37.0 Å². The minimum atomic E-state index is -3.76. The highest BCUT2D eigenvalue weighted by Gasteiger charge is 2.27. The first-order chi connectivity index (χ1) is 20.4. The van der Waals surface area contributed by atoms with Gasteiger partial charge in [-0.15, -0.1) is 0 Å². The van der Waals surface area contributed by atoms with Crippen molar-refractivity contribution in [1.29, 1.82) is 0 Å². The lowest BCUT2D eigenvalue weighted by molar-refractivity contribution is 0.0795. The Morgan fingerprint density at radius 2 is 1.86 bits per heavy atom. The van der Waals surface area contributed by atoms with Crippen molar-refractivity contribution in [1.82, 2.24) is 14.5 Å². The molecule has 1 amide bonds. The van der Waals surface area contributed by atoms with E-state index in [0.29, 0.717) is 54.9 Å². The summed E-state index contributed by atoms with van der Waals surface area (Å²) < 4.78 is 61.2. The Labute approximate surface area is 250 Å². The fraction of sp³-hybridized carbons (Fsp3) is 0.483. The Morgan fingerprint density at radius 3 is 2.49 bits per heavy atom. The number of halogens is 1. The molecule has 0 radical (unpaired) electrons. The van der Waals surface area contributed by atoms with Gasteiger partial charge in [0.1, 0.15) is 5.75 Å². The fourth-order valence-corrected chi connectivity index (χ4v) is 5.27. The summed E-state index contributed by atoms with van der Waals surface area (Å²) in [6.07, 6.45) is 3.17. The Bertz CT molecular complexity index is 1620. The molecule has 1 aromatic heterocycles. The summed E-state index contributed by atoms with van der Waals surface area (Å²) in [7, 11) is -1.01. The summed E-state index contributed by atoms with van der Waals surface area (Å²) >= 11 is 0. The molecule has 0 aliphatic carbocycles. The number of nitrogens with zero attached hydrogens (tertiary/aromatic N) is 4. The molecule has 1 saturated heterocycles. The third kappa shape index (κ3) is 7.73. The number of aromatic nitrogens is 2. The van der Waals surface area contributed by atoms with Crippen molar-refractivity contribution in [2.75, 3.05) is 58.2 Å². The van der Waals surface area contributed by atoms with E-state index >= 15 is 4.39 Å². The Hall–Kier alpha value is -3.91. The molecule has 0 spiro atoms. The van der Waals surface area contributed by atoms with Crippen molar-refractivity contribution in [2.24, 2.45) is 5.92 Å². The number of methoxy groups -OCH3 is 2. The number of hydrogen-bond acceptors (Lipinski definition) is 10. The average Bonchev–Trinajstić information content (AvgIpc) is 2.98. The van der Waals surface area contributed by atoms with E-state index in [1.807, 2.05) is 13.8 Å². The van der Waals surface area contributed by atoms with Crippen molar-refractivity contribution in [3.63, 3.8) is 0 Å². The van der Waals surface area contributed by atoms with Gasteiger partial charge in [0.25, 0.3) is 15.7 Å². The zero-order chi connectivity index (χ0) is 31.3. The maximum atomic E-state index is 15.6. The molecule has 0 atom stereocenters. The molecule has 2 heterocycles. The number of piperidine rings is 1. The quantitative estimate of drug-likeness (QED) is 0.289. The molecule has 0 N–H and O–H groups in total. The highest BCUT2D eigenvalue weighted by atomic mass is 32.2. The van der Waals surface area contributed by atoms with Gasteiger partial charge < -0.3 is 24.0 Å². The van der Waals surface area contributed by atoms with Crippen LogP contribution in [0.4, 0.5) is 20.6 Å². The minimum absolute atomic E-state index is 0.0357. The molecule has 0 unspecified atom stereocenters.